The number of hydrogen-bond donors (Lipinski definition) is 2. The minimum atomic E-state index is 0.316. The molecule has 0 unspecified atom stereocenters. The summed E-state index contributed by atoms with van der Waals surface area (Å²) in [6.45, 7) is 0. The van der Waals surface area contributed by atoms with Crippen LogP contribution in [0.1, 0.15) is 11.1 Å². The predicted octanol–water partition coefficient (Wildman–Crippen LogP) is 13.6. The van der Waals surface area contributed by atoms with Crippen LogP contribution in [0.4, 0.5) is 0 Å². The molecule has 1 aliphatic rings. The molecule has 1 aliphatic carbocycles. The molecule has 0 radical (unpaired) electrons. The molecule has 282 valence electrons. The first kappa shape index (κ1) is 35.4. The zero-order valence-electron chi connectivity index (χ0n) is 32.0. The minimum absolute atomic E-state index is 0.316. The second kappa shape index (κ2) is 14.6. The fraction of sp³-hybridized carbons (Fsp3) is 0. The molecule has 0 bridgehead atoms. The molecule has 0 fully saturated rings. The topological polar surface area (TPSA) is 88.0 Å². The normalized spacial score (nSPS) is 13.1. The summed E-state index contributed by atoms with van der Waals surface area (Å²) in [5.74, 6) is 0.652. The van der Waals surface area contributed by atoms with Gasteiger partial charge in [0, 0.05) is 55.1 Å². The Morgan fingerprint density at radius 1 is 0.483 bits per heavy atom. The van der Waals surface area contributed by atoms with Crippen LogP contribution < -0.4 is 0 Å². The van der Waals surface area contributed by atoms with Gasteiger partial charge in [-0.2, -0.15) is 0 Å². The molecule has 10 aromatic rings. The van der Waals surface area contributed by atoms with E-state index in [2.05, 4.69) is 126 Å². The first-order valence-electron chi connectivity index (χ1n) is 19.7. The molecule has 60 heavy (non-hydrogen) atoms. The van der Waals surface area contributed by atoms with Gasteiger partial charge in [-0.15, -0.1) is 0 Å². The third-order valence-corrected chi connectivity index (χ3v) is 11.4. The molecule has 3 heterocycles. The summed E-state index contributed by atoms with van der Waals surface area (Å²) in [4.78, 5) is 15.5. The van der Waals surface area contributed by atoms with Crippen LogP contribution in [0.5, 0.6) is 0 Å². The van der Waals surface area contributed by atoms with Crippen LogP contribution in [0.15, 0.2) is 191 Å². The molecule has 0 saturated heterocycles. The number of furan rings is 1. The molecule has 7 aromatic carbocycles. The Morgan fingerprint density at radius 3 is 1.92 bits per heavy atom. The van der Waals surface area contributed by atoms with E-state index in [-0.39, 0.29) is 0 Å². The highest BCUT2D eigenvalue weighted by molar-refractivity contribution is 7.79. The highest BCUT2D eigenvalue weighted by Gasteiger charge is 2.24. The van der Waals surface area contributed by atoms with Crippen molar-refractivity contribution >= 4 is 63.2 Å². The number of allylic oxidation sites excluding steroid dienone is 1. The number of benzene rings is 7. The van der Waals surface area contributed by atoms with E-state index in [9.17, 15) is 0 Å². The van der Waals surface area contributed by atoms with E-state index < -0.39 is 0 Å². The number of hydrogen-bond acceptors (Lipinski definition) is 7. The molecule has 6 nitrogen and oxygen atoms in total. The molecule has 1 N–H and O–H groups in total. The largest absolute Gasteiger partial charge is 0.455 e. The number of thiol groups is 1. The summed E-state index contributed by atoms with van der Waals surface area (Å²) >= 11 is 4.30. The van der Waals surface area contributed by atoms with Crippen molar-refractivity contribution in [3.05, 3.63) is 193 Å². The van der Waals surface area contributed by atoms with Gasteiger partial charge in [-0.1, -0.05) is 152 Å². The van der Waals surface area contributed by atoms with Crippen molar-refractivity contribution in [2.45, 2.75) is 0 Å². The molecular formula is C53H33N5OS. The lowest BCUT2D eigenvalue weighted by Crippen LogP contribution is -2.18. The van der Waals surface area contributed by atoms with Gasteiger partial charge in [-0.25, -0.2) is 19.3 Å². The van der Waals surface area contributed by atoms with Gasteiger partial charge in [0.05, 0.1) is 28.3 Å². The zero-order chi connectivity index (χ0) is 40.2. The maximum absolute atomic E-state index is 8.64. The molecule has 3 aromatic heterocycles. The van der Waals surface area contributed by atoms with Gasteiger partial charge in [-0.05, 0) is 65.9 Å². The van der Waals surface area contributed by atoms with Gasteiger partial charge >= 0.3 is 0 Å². The average Bonchev–Trinajstić information content (AvgIpc) is 3.71. The molecule has 0 aliphatic heterocycles. The summed E-state index contributed by atoms with van der Waals surface area (Å²) < 4.78 is 10.6. The van der Waals surface area contributed by atoms with E-state index in [1.165, 1.54) is 0 Å². The van der Waals surface area contributed by atoms with Crippen molar-refractivity contribution in [1.82, 2.24) is 15.0 Å². The number of aromatic nitrogens is 3. The van der Waals surface area contributed by atoms with Gasteiger partial charge in [0.15, 0.2) is 5.82 Å². The molecular weight excluding hydrogens is 755 g/mol. The first-order valence-corrected chi connectivity index (χ1v) is 20.1. The highest BCUT2D eigenvalue weighted by Crippen LogP contribution is 2.39. The molecule has 7 heteroatoms. The number of fused-ring (bicyclic) bond motifs is 6. The van der Waals surface area contributed by atoms with Crippen LogP contribution in [-0.4, -0.2) is 26.4 Å². The van der Waals surface area contributed by atoms with Crippen LogP contribution in [-0.2, 0) is 0 Å². The number of nitrogens with zero attached hydrogens (tertiary/aromatic N) is 4. The van der Waals surface area contributed by atoms with Gasteiger partial charge in [-0.3, -0.25) is 5.41 Å². The van der Waals surface area contributed by atoms with E-state index in [0.717, 1.165) is 106 Å². The number of pyridine rings is 1. The molecule has 0 saturated carbocycles. The standard InChI is InChI=1S/C53H33N5OS/c54-44-28-27-43-49(51(44)58-60)42-26-25-37(30-47(42)55-50(43)34-11-3-1-4-12-34)36-15-9-16-38(29-36)46-31-45(56-53(57-46)35-13-5-2-6-14-35)33-23-21-32(22-24-33)39-18-10-19-41-40-17-7-8-20-48(40)59-52(39)41/h1-31,54,60H/b54-44?,58-51+. The first-order chi connectivity index (χ1) is 29.6. The number of nitrogens with one attached hydrogen (secondary N) is 1. The van der Waals surface area contributed by atoms with Crippen molar-refractivity contribution in [3.63, 3.8) is 0 Å². The summed E-state index contributed by atoms with van der Waals surface area (Å²) in [5, 5.41) is 11.8. The van der Waals surface area contributed by atoms with E-state index in [4.69, 9.17) is 24.8 Å². The Balaban J connectivity index is 1.00. The quantitative estimate of drug-likeness (QED) is 0.164. The summed E-state index contributed by atoms with van der Waals surface area (Å²) in [6, 6.07) is 60.1. The smallest absolute Gasteiger partial charge is 0.160 e. The SMILES string of the molecule is N=C1C=Cc2c(-c3ccccc3)nc3cc(-c4cccc(-c5cc(-c6ccc(-c7cccc8c7oc7ccccc78)cc6)nc(-c6ccccc6)n5)c4)ccc3c2/C1=N/S. The molecule has 0 atom stereocenters. The Labute approximate surface area is 351 Å². The van der Waals surface area contributed by atoms with E-state index in [1.54, 1.807) is 6.08 Å². The monoisotopic (exact) mass is 787 g/mol. The highest BCUT2D eigenvalue weighted by atomic mass is 32.1. The van der Waals surface area contributed by atoms with Crippen molar-refractivity contribution in [2.24, 2.45) is 4.40 Å². The maximum Gasteiger partial charge on any atom is 0.160 e. The lowest BCUT2D eigenvalue weighted by atomic mass is 9.87. The average molecular weight is 788 g/mol. The lowest BCUT2D eigenvalue weighted by molar-refractivity contribution is 0.670. The molecule has 0 spiro atoms. The fourth-order valence-corrected chi connectivity index (χ4v) is 8.50. The number of para-hydroxylation sites is 2. The third-order valence-electron chi connectivity index (χ3n) is 11.2. The number of rotatable bonds is 6. The van der Waals surface area contributed by atoms with E-state index in [1.807, 2.05) is 72.8 Å². The van der Waals surface area contributed by atoms with Gasteiger partial charge in [0.25, 0.3) is 0 Å². The van der Waals surface area contributed by atoms with Gasteiger partial charge in [0.2, 0.25) is 0 Å². The predicted molar refractivity (Wildman–Crippen MR) is 250 cm³/mol. The van der Waals surface area contributed by atoms with Crippen LogP contribution in [0.2, 0.25) is 0 Å². The third kappa shape index (κ3) is 6.11. The van der Waals surface area contributed by atoms with Gasteiger partial charge in [0.1, 0.15) is 16.9 Å². The van der Waals surface area contributed by atoms with Crippen molar-refractivity contribution in [2.75, 3.05) is 0 Å². The summed E-state index contributed by atoms with van der Waals surface area (Å²) in [7, 11) is 0. The van der Waals surface area contributed by atoms with Crippen LogP contribution in [0.3, 0.4) is 0 Å². The Bertz CT molecular complexity index is 3390. The van der Waals surface area contributed by atoms with E-state index in [0.29, 0.717) is 17.2 Å². The van der Waals surface area contributed by atoms with Crippen LogP contribution in [0, 0.1) is 5.41 Å². The Morgan fingerprint density at radius 2 is 1.12 bits per heavy atom. The zero-order valence-corrected chi connectivity index (χ0v) is 32.9. The van der Waals surface area contributed by atoms with E-state index >= 15 is 0 Å². The fourth-order valence-electron chi connectivity index (χ4n) is 8.29. The van der Waals surface area contributed by atoms with Crippen molar-refractivity contribution < 1.29 is 4.42 Å². The maximum atomic E-state index is 8.64. The summed E-state index contributed by atoms with van der Waals surface area (Å²) in [5.41, 5.74) is 15.7. The van der Waals surface area contributed by atoms with Crippen LogP contribution >= 0.6 is 12.8 Å². The Kier molecular flexibility index (Phi) is 8.60. The van der Waals surface area contributed by atoms with Crippen molar-refractivity contribution in [3.8, 4) is 67.4 Å². The minimum Gasteiger partial charge on any atom is -0.455 e. The van der Waals surface area contributed by atoms with Gasteiger partial charge < -0.3 is 4.42 Å². The second-order valence-corrected chi connectivity index (χ2v) is 15.0. The molecule has 0 amide bonds. The lowest BCUT2D eigenvalue weighted by Gasteiger charge is -2.20. The second-order valence-electron chi connectivity index (χ2n) is 14.8. The Hall–Kier alpha value is -7.74. The molecule has 11 rings (SSSR count). The van der Waals surface area contributed by atoms with Crippen molar-refractivity contribution in [1.29, 1.82) is 5.41 Å². The summed E-state index contributed by atoms with van der Waals surface area (Å²) in [6.07, 6.45) is 3.72. The van der Waals surface area contributed by atoms with Crippen LogP contribution in [0.25, 0.3) is 106 Å².